The van der Waals surface area contributed by atoms with Crippen molar-refractivity contribution in [2.24, 2.45) is 23.7 Å². The monoisotopic (exact) mass is 429 g/mol. The lowest BCUT2D eigenvalue weighted by molar-refractivity contribution is -0.143. The standard InChI is InChI=1S/C26H27N3O3/c1-16-7-5-6-10-20(16)27-26(32)28-21(15-17-8-3-2-4-9-17)29-24(30)22-18-11-12-19(14-13-18)23(22)25(29)31/h2-12,18-19,21-23H,13-15H2,1H3,(H2,27,28,32)/t18-,19-,21+,22-,23+/m0/s1. The van der Waals surface area contributed by atoms with Crippen molar-refractivity contribution in [3.8, 4) is 0 Å². The normalized spacial score (nSPS) is 26.7. The van der Waals surface area contributed by atoms with Crippen molar-refractivity contribution in [1.29, 1.82) is 0 Å². The Balaban J connectivity index is 1.41. The molecule has 2 aromatic carbocycles. The topological polar surface area (TPSA) is 78.5 Å². The number of rotatable bonds is 5. The molecule has 2 fully saturated rings. The number of anilines is 1. The zero-order valence-corrected chi connectivity index (χ0v) is 18.0. The highest BCUT2D eigenvalue weighted by atomic mass is 16.2. The highest BCUT2D eigenvalue weighted by molar-refractivity contribution is 6.06. The van der Waals surface area contributed by atoms with E-state index >= 15 is 0 Å². The first-order valence-electron chi connectivity index (χ1n) is 11.3. The first-order valence-corrected chi connectivity index (χ1v) is 11.3. The molecule has 6 heteroatoms. The number of urea groups is 1. The van der Waals surface area contributed by atoms with Crippen LogP contribution in [-0.2, 0) is 16.0 Å². The number of hydrogen-bond acceptors (Lipinski definition) is 3. The number of fused-ring (bicyclic) bond motifs is 1. The van der Waals surface area contributed by atoms with E-state index in [-0.39, 0.29) is 35.5 Å². The number of para-hydroxylation sites is 1. The van der Waals surface area contributed by atoms with Gasteiger partial charge in [0.05, 0.1) is 11.8 Å². The van der Waals surface area contributed by atoms with E-state index in [1.165, 1.54) is 4.90 Å². The van der Waals surface area contributed by atoms with Crippen molar-refractivity contribution in [2.75, 3.05) is 5.32 Å². The van der Waals surface area contributed by atoms with E-state index in [2.05, 4.69) is 22.8 Å². The number of imide groups is 1. The van der Waals surface area contributed by atoms with Crippen molar-refractivity contribution < 1.29 is 14.4 Å². The molecular formula is C26H27N3O3. The fourth-order valence-electron chi connectivity index (χ4n) is 5.47. The van der Waals surface area contributed by atoms with Gasteiger partial charge in [-0.15, -0.1) is 0 Å². The lowest BCUT2D eigenvalue weighted by Crippen LogP contribution is -2.53. The van der Waals surface area contributed by atoms with E-state index in [0.29, 0.717) is 12.1 Å². The molecule has 2 N–H and O–H groups in total. The summed E-state index contributed by atoms with van der Waals surface area (Å²) in [7, 11) is 0. The van der Waals surface area contributed by atoms with Gasteiger partial charge in [-0.05, 0) is 48.8 Å². The molecule has 3 aliphatic carbocycles. The Hall–Kier alpha value is -3.41. The minimum absolute atomic E-state index is 0.115. The van der Waals surface area contributed by atoms with Crippen LogP contribution in [0.25, 0.3) is 0 Å². The van der Waals surface area contributed by atoms with Gasteiger partial charge in [-0.25, -0.2) is 4.79 Å². The zero-order chi connectivity index (χ0) is 22.2. The molecular weight excluding hydrogens is 402 g/mol. The average Bonchev–Trinajstić information content (AvgIpc) is 3.09. The third-order valence-electron chi connectivity index (χ3n) is 7.07. The van der Waals surface area contributed by atoms with E-state index in [4.69, 9.17) is 0 Å². The lowest BCUT2D eigenvalue weighted by atomic mass is 9.63. The SMILES string of the molecule is Cc1ccccc1NC(=O)N[C@@H](Cc1ccccc1)N1C(=O)[C@@H]2[C@H](C1=O)[C@H]1C=C[C@H]2CC1. The number of allylic oxidation sites excluding steroid dienone is 2. The molecule has 164 valence electrons. The number of benzene rings is 2. The van der Waals surface area contributed by atoms with Gasteiger partial charge >= 0.3 is 6.03 Å². The van der Waals surface area contributed by atoms with Crippen molar-refractivity contribution in [1.82, 2.24) is 10.2 Å². The number of likely N-dealkylation sites (tertiary alicyclic amines) is 1. The van der Waals surface area contributed by atoms with Crippen LogP contribution in [0.5, 0.6) is 0 Å². The Morgan fingerprint density at radius 2 is 1.53 bits per heavy atom. The molecule has 6 nitrogen and oxygen atoms in total. The summed E-state index contributed by atoms with van der Waals surface area (Å²) in [5.41, 5.74) is 2.58. The summed E-state index contributed by atoms with van der Waals surface area (Å²) in [6.07, 6.45) is 5.72. The maximum absolute atomic E-state index is 13.5. The molecule has 4 amide bonds. The largest absolute Gasteiger partial charge is 0.320 e. The molecule has 0 spiro atoms. The molecule has 0 unspecified atom stereocenters. The lowest BCUT2D eigenvalue weighted by Gasteiger charge is -2.38. The summed E-state index contributed by atoms with van der Waals surface area (Å²) < 4.78 is 0. The average molecular weight is 430 g/mol. The van der Waals surface area contributed by atoms with Crippen LogP contribution in [0.3, 0.4) is 0 Å². The first-order chi connectivity index (χ1) is 15.5. The quantitative estimate of drug-likeness (QED) is 0.559. The Morgan fingerprint density at radius 1 is 0.938 bits per heavy atom. The van der Waals surface area contributed by atoms with Crippen molar-refractivity contribution in [3.05, 3.63) is 77.9 Å². The molecule has 2 bridgehead atoms. The van der Waals surface area contributed by atoms with Crippen LogP contribution in [0.15, 0.2) is 66.7 Å². The van der Waals surface area contributed by atoms with Gasteiger partial charge in [0.1, 0.15) is 6.17 Å². The molecule has 0 aromatic heterocycles. The second-order valence-electron chi connectivity index (χ2n) is 9.01. The van der Waals surface area contributed by atoms with Crippen LogP contribution < -0.4 is 10.6 Å². The zero-order valence-electron chi connectivity index (χ0n) is 18.0. The molecule has 5 atom stereocenters. The van der Waals surface area contributed by atoms with E-state index in [1.54, 1.807) is 0 Å². The summed E-state index contributed by atoms with van der Waals surface area (Å²) in [5, 5.41) is 5.78. The first kappa shape index (κ1) is 20.5. The van der Waals surface area contributed by atoms with E-state index in [9.17, 15) is 14.4 Å². The Labute approximate surface area is 187 Å². The van der Waals surface area contributed by atoms with Crippen LogP contribution in [0, 0.1) is 30.6 Å². The predicted octanol–water partition coefficient (Wildman–Crippen LogP) is 3.88. The Morgan fingerprint density at radius 3 is 2.12 bits per heavy atom. The predicted molar refractivity (Wildman–Crippen MR) is 121 cm³/mol. The van der Waals surface area contributed by atoms with E-state index < -0.39 is 12.2 Å². The Bertz CT molecular complexity index is 1050. The molecule has 6 rings (SSSR count). The molecule has 1 aliphatic heterocycles. The van der Waals surface area contributed by atoms with Gasteiger partial charge in [-0.1, -0.05) is 60.7 Å². The second-order valence-corrected chi connectivity index (χ2v) is 9.01. The summed E-state index contributed by atoms with van der Waals surface area (Å²) in [6, 6.07) is 16.7. The van der Waals surface area contributed by atoms with Crippen LogP contribution in [-0.4, -0.2) is 28.9 Å². The van der Waals surface area contributed by atoms with Crippen LogP contribution in [0.4, 0.5) is 10.5 Å². The minimum Gasteiger partial charge on any atom is -0.317 e. The summed E-state index contributed by atoms with van der Waals surface area (Å²) in [4.78, 5) is 41.2. The second kappa shape index (κ2) is 8.26. The highest BCUT2D eigenvalue weighted by Crippen LogP contribution is 2.50. The molecule has 1 saturated carbocycles. The van der Waals surface area contributed by atoms with Crippen LogP contribution >= 0.6 is 0 Å². The molecule has 32 heavy (non-hydrogen) atoms. The van der Waals surface area contributed by atoms with Crippen LogP contribution in [0.1, 0.15) is 24.0 Å². The summed E-state index contributed by atoms with van der Waals surface area (Å²) in [6.45, 7) is 1.91. The van der Waals surface area contributed by atoms with Crippen molar-refractivity contribution in [2.45, 2.75) is 32.4 Å². The third-order valence-corrected chi connectivity index (χ3v) is 7.07. The smallest absolute Gasteiger partial charge is 0.317 e. The van der Waals surface area contributed by atoms with Crippen molar-refractivity contribution >= 4 is 23.5 Å². The fraction of sp³-hybridized carbons (Fsp3) is 0.346. The number of carbonyl (C=O) groups is 3. The van der Waals surface area contributed by atoms with Gasteiger partial charge in [-0.2, -0.15) is 0 Å². The Kier molecular flexibility index (Phi) is 5.29. The number of hydrogen-bond donors (Lipinski definition) is 2. The number of aryl methyl sites for hydroxylation is 1. The molecule has 4 aliphatic rings. The highest BCUT2D eigenvalue weighted by Gasteiger charge is 2.58. The molecule has 1 saturated heterocycles. The minimum atomic E-state index is -0.744. The number of nitrogens with one attached hydrogen (secondary N) is 2. The van der Waals surface area contributed by atoms with E-state index in [0.717, 1.165) is 24.0 Å². The molecule has 0 radical (unpaired) electrons. The van der Waals surface area contributed by atoms with Gasteiger partial charge in [0, 0.05) is 12.1 Å². The fourth-order valence-corrected chi connectivity index (χ4v) is 5.47. The third kappa shape index (κ3) is 3.60. The van der Waals surface area contributed by atoms with E-state index in [1.807, 2.05) is 61.5 Å². The van der Waals surface area contributed by atoms with Crippen LogP contribution in [0.2, 0.25) is 0 Å². The van der Waals surface area contributed by atoms with Gasteiger partial charge < -0.3 is 10.6 Å². The maximum Gasteiger partial charge on any atom is 0.320 e. The van der Waals surface area contributed by atoms with Gasteiger partial charge in [0.2, 0.25) is 11.8 Å². The van der Waals surface area contributed by atoms with Gasteiger partial charge in [0.15, 0.2) is 0 Å². The molecule has 2 aromatic rings. The number of carbonyl (C=O) groups excluding carboxylic acids is 3. The molecule has 1 heterocycles. The maximum atomic E-state index is 13.5. The number of nitrogens with zero attached hydrogens (tertiary/aromatic N) is 1. The van der Waals surface area contributed by atoms with Gasteiger partial charge in [-0.3, -0.25) is 14.5 Å². The van der Waals surface area contributed by atoms with Crippen molar-refractivity contribution in [3.63, 3.8) is 0 Å². The summed E-state index contributed by atoms with van der Waals surface area (Å²) >= 11 is 0. The number of amides is 4. The summed E-state index contributed by atoms with van der Waals surface area (Å²) in [5.74, 6) is -0.682. The van der Waals surface area contributed by atoms with Gasteiger partial charge in [0.25, 0.3) is 0 Å².